The van der Waals surface area contributed by atoms with Gasteiger partial charge in [0.05, 0.1) is 0 Å². The van der Waals surface area contributed by atoms with E-state index in [-0.39, 0.29) is 0 Å². The van der Waals surface area contributed by atoms with Gasteiger partial charge in [-0.1, -0.05) is 83.8 Å². The maximum absolute atomic E-state index is 3.12. The predicted molar refractivity (Wildman–Crippen MR) is 130 cm³/mol. The van der Waals surface area contributed by atoms with Crippen molar-refractivity contribution in [3.8, 4) is 71.0 Å². The average molecular weight is 398 g/mol. The van der Waals surface area contributed by atoms with Crippen LogP contribution in [0.2, 0.25) is 0 Å². The normalized spacial score (nSPS) is 11.4. The van der Waals surface area contributed by atoms with Crippen LogP contribution in [0.25, 0.3) is 0 Å². The standard InChI is InChI=1S/C32H14/c1-2-4-16-28-18-6-8-20-30(28)22-10-12-24-32-26-14-13-25-31(32)23-11-9-21-29-19-7-5-17-27(29)15-3-1/h1-2,5-8,13-14,17-20,25-26H/b2-1+. The molecule has 0 heteroatoms. The molecule has 142 valence electrons. The summed E-state index contributed by atoms with van der Waals surface area (Å²) < 4.78 is 0. The van der Waals surface area contributed by atoms with E-state index < -0.39 is 0 Å². The van der Waals surface area contributed by atoms with E-state index >= 15 is 0 Å². The smallest absolute Gasteiger partial charge is 0.0412 e. The quantitative estimate of drug-likeness (QED) is 0.479. The van der Waals surface area contributed by atoms with Crippen LogP contribution in [0.4, 0.5) is 0 Å². The molecule has 32 heavy (non-hydrogen) atoms. The molecule has 4 rings (SSSR count). The minimum absolute atomic E-state index is 0.815. The molecule has 0 bridgehead atoms. The summed E-state index contributed by atoms with van der Waals surface area (Å²) in [6, 6.07) is 23.2. The molecule has 0 saturated heterocycles. The Morgan fingerprint density at radius 1 is 0.312 bits per heavy atom. The Bertz CT molecular complexity index is 1470. The summed E-state index contributed by atoms with van der Waals surface area (Å²) in [7, 11) is 0. The van der Waals surface area contributed by atoms with Gasteiger partial charge in [-0.2, -0.15) is 0 Å². The van der Waals surface area contributed by atoms with Crippen molar-refractivity contribution in [1.29, 1.82) is 0 Å². The molecule has 0 aromatic heterocycles. The number of rotatable bonds is 0. The summed E-state index contributed by atoms with van der Waals surface area (Å²) in [6.07, 6.45) is 3.46. The second-order valence-electron chi connectivity index (χ2n) is 6.51. The molecule has 1 aliphatic rings. The third-order valence-corrected chi connectivity index (χ3v) is 4.36. The minimum Gasteiger partial charge on any atom is -0.0689 e. The van der Waals surface area contributed by atoms with Crippen molar-refractivity contribution in [2.24, 2.45) is 0 Å². The van der Waals surface area contributed by atoms with E-state index in [9.17, 15) is 0 Å². The molecule has 0 fully saturated rings. The molecule has 0 spiro atoms. The van der Waals surface area contributed by atoms with Gasteiger partial charge < -0.3 is 0 Å². The third kappa shape index (κ3) is 5.43. The van der Waals surface area contributed by atoms with Crippen LogP contribution < -0.4 is 0 Å². The summed E-state index contributed by atoms with van der Waals surface area (Å²) in [6.45, 7) is 0. The molecule has 0 heterocycles. The van der Waals surface area contributed by atoms with Crippen molar-refractivity contribution < 1.29 is 0 Å². The van der Waals surface area contributed by atoms with Crippen LogP contribution in [0.15, 0.2) is 84.9 Å². The highest BCUT2D eigenvalue weighted by molar-refractivity contribution is 5.57. The van der Waals surface area contributed by atoms with Gasteiger partial charge in [0.2, 0.25) is 0 Å². The van der Waals surface area contributed by atoms with Gasteiger partial charge in [-0.25, -0.2) is 0 Å². The van der Waals surface area contributed by atoms with E-state index in [0.717, 1.165) is 33.4 Å². The third-order valence-electron chi connectivity index (χ3n) is 4.36. The van der Waals surface area contributed by atoms with Crippen molar-refractivity contribution >= 4 is 0 Å². The first-order chi connectivity index (χ1) is 15.9. The topological polar surface area (TPSA) is 0 Å². The molecule has 0 N–H and O–H groups in total. The van der Waals surface area contributed by atoms with Crippen LogP contribution in [0, 0.1) is 71.0 Å². The second kappa shape index (κ2) is 10.5. The summed E-state index contributed by atoms with van der Waals surface area (Å²) >= 11 is 0. The van der Waals surface area contributed by atoms with Gasteiger partial charge in [-0.15, -0.1) is 0 Å². The Labute approximate surface area is 189 Å². The number of benzene rings is 3. The predicted octanol–water partition coefficient (Wildman–Crippen LogP) is 4.77. The van der Waals surface area contributed by atoms with Crippen molar-refractivity contribution in [3.05, 3.63) is 118 Å². The molecule has 0 saturated carbocycles. The Hall–Kier alpha value is -5.24. The maximum Gasteiger partial charge on any atom is 0.0412 e. The fraction of sp³-hybridized carbons (Fsp3) is 0. The molecule has 0 radical (unpaired) electrons. The largest absolute Gasteiger partial charge is 0.0689 e. The zero-order valence-electron chi connectivity index (χ0n) is 17.1. The zero-order valence-corrected chi connectivity index (χ0v) is 17.1. The number of hydrogen-bond donors (Lipinski definition) is 0. The van der Waals surface area contributed by atoms with Gasteiger partial charge >= 0.3 is 0 Å². The summed E-state index contributed by atoms with van der Waals surface area (Å²) in [5.41, 5.74) is 4.99. The van der Waals surface area contributed by atoms with Crippen molar-refractivity contribution in [2.45, 2.75) is 0 Å². The van der Waals surface area contributed by atoms with Crippen LogP contribution in [0.5, 0.6) is 0 Å². The van der Waals surface area contributed by atoms with E-state index in [1.807, 2.05) is 72.8 Å². The van der Waals surface area contributed by atoms with Crippen molar-refractivity contribution in [1.82, 2.24) is 0 Å². The lowest BCUT2D eigenvalue weighted by Crippen LogP contribution is -1.83. The Balaban J connectivity index is 1.82. The van der Waals surface area contributed by atoms with Gasteiger partial charge in [-0.05, 0) is 72.2 Å². The molecule has 0 aliphatic heterocycles. The highest BCUT2D eigenvalue weighted by Gasteiger charge is 1.96. The lowest BCUT2D eigenvalue weighted by Gasteiger charge is -1.94. The van der Waals surface area contributed by atoms with Crippen LogP contribution in [-0.2, 0) is 0 Å². The molecule has 3 aromatic rings. The number of hydrogen-bond acceptors (Lipinski definition) is 0. The molecular weight excluding hydrogens is 384 g/mol. The van der Waals surface area contributed by atoms with Gasteiger partial charge in [-0.3, -0.25) is 0 Å². The first kappa shape index (κ1) is 20.0. The van der Waals surface area contributed by atoms with Crippen LogP contribution in [0.3, 0.4) is 0 Å². The molecule has 0 unspecified atom stereocenters. The lowest BCUT2D eigenvalue weighted by atomic mass is 10.1. The fourth-order valence-corrected chi connectivity index (χ4v) is 2.82. The Morgan fingerprint density at radius 3 is 0.844 bits per heavy atom. The first-order valence-corrected chi connectivity index (χ1v) is 9.89. The molecule has 0 nitrogen and oxygen atoms in total. The van der Waals surface area contributed by atoms with Gasteiger partial charge in [0, 0.05) is 33.4 Å². The summed E-state index contributed by atoms with van der Waals surface area (Å²) in [5.74, 6) is 36.3. The zero-order chi connectivity index (χ0) is 21.8. The molecular formula is C32H14. The average Bonchev–Trinajstić information content (AvgIpc) is 2.83. The van der Waals surface area contributed by atoms with E-state index in [4.69, 9.17) is 0 Å². The van der Waals surface area contributed by atoms with Gasteiger partial charge in [0.15, 0.2) is 0 Å². The van der Waals surface area contributed by atoms with Crippen LogP contribution in [0.1, 0.15) is 33.4 Å². The van der Waals surface area contributed by atoms with E-state index in [1.54, 1.807) is 12.2 Å². The highest BCUT2D eigenvalue weighted by atomic mass is 14.0. The lowest BCUT2D eigenvalue weighted by molar-refractivity contribution is 1.58. The SMILES string of the molecule is C1#Cc2ccccc2C#CC#Cc2ccccc2C#C/C=C/C#Cc2ccccc2C#C1. The van der Waals surface area contributed by atoms with E-state index in [0.29, 0.717) is 0 Å². The Morgan fingerprint density at radius 2 is 0.562 bits per heavy atom. The highest BCUT2D eigenvalue weighted by Crippen LogP contribution is 2.07. The first-order valence-electron chi connectivity index (χ1n) is 9.89. The molecule has 3 aromatic carbocycles. The minimum atomic E-state index is 0.815. The maximum atomic E-state index is 3.12. The monoisotopic (exact) mass is 398 g/mol. The van der Waals surface area contributed by atoms with Gasteiger partial charge in [0.1, 0.15) is 0 Å². The van der Waals surface area contributed by atoms with E-state index in [2.05, 4.69) is 71.0 Å². The summed E-state index contributed by atoms with van der Waals surface area (Å²) in [4.78, 5) is 0. The number of fused-ring (bicyclic) bond motifs is 3. The molecule has 1 aliphatic carbocycles. The molecule has 0 amide bonds. The number of allylic oxidation sites excluding steroid dienone is 2. The Kier molecular flexibility index (Phi) is 6.59. The van der Waals surface area contributed by atoms with Crippen LogP contribution >= 0.6 is 0 Å². The second-order valence-corrected chi connectivity index (χ2v) is 6.51. The van der Waals surface area contributed by atoms with Crippen LogP contribution in [-0.4, -0.2) is 0 Å². The summed E-state index contributed by atoms with van der Waals surface area (Å²) in [5, 5.41) is 0. The van der Waals surface area contributed by atoms with E-state index in [1.165, 1.54) is 0 Å². The molecule has 0 atom stereocenters. The van der Waals surface area contributed by atoms with Crippen molar-refractivity contribution in [2.75, 3.05) is 0 Å². The fourth-order valence-electron chi connectivity index (χ4n) is 2.82. The van der Waals surface area contributed by atoms with Gasteiger partial charge in [0.25, 0.3) is 0 Å². The van der Waals surface area contributed by atoms with Crippen molar-refractivity contribution in [3.63, 3.8) is 0 Å².